The highest BCUT2D eigenvalue weighted by Gasteiger charge is 2.71. The second-order valence-electron chi connectivity index (χ2n) is 4.94. The predicted molar refractivity (Wildman–Crippen MR) is 68.1 cm³/mol. The Hall–Kier alpha value is -1.08. The van der Waals surface area contributed by atoms with Crippen LogP contribution in [-0.4, -0.2) is 30.0 Å². The average molecular weight is 353 g/mol. The highest BCUT2D eigenvalue weighted by atomic mass is 79.9. The lowest BCUT2D eigenvalue weighted by molar-refractivity contribution is -0.303. The summed E-state index contributed by atoms with van der Waals surface area (Å²) in [6.07, 6.45) is -6.25. The summed E-state index contributed by atoms with van der Waals surface area (Å²) < 4.78 is 43.5. The van der Waals surface area contributed by atoms with Crippen LogP contribution < -0.4 is 0 Å². The van der Waals surface area contributed by atoms with E-state index < -0.39 is 36.0 Å². The van der Waals surface area contributed by atoms with Crippen LogP contribution in [0.3, 0.4) is 0 Å². The summed E-state index contributed by atoms with van der Waals surface area (Å²) in [4.78, 5) is 12.0. The Morgan fingerprint density at radius 2 is 1.90 bits per heavy atom. The van der Waals surface area contributed by atoms with Crippen LogP contribution in [-0.2, 0) is 14.9 Å². The van der Waals surface area contributed by atoms with Crippen LogP contribution in [0.5, 0.6) is 0 Å². The Morgan fingerprint density at radius 1 is 1.35 bits per heavy atom. The number of aliphatic hydroxyl groups is 1. The quantitative estimate of drug-likeness (QED) is 0.832. The zero-order valence-corrected chi connectivity index (χ0v) is 12.1. The molecule has 20 heavy (non-hydrogen) atoms. The first kappa shape index (κ1) is 15.3. The van der Waals surface area contributed by atoms with Crippen molar-refractivity contribution in [3.8, 4) is 0 Å². The molecule has 1 N–H and O–H groups in total. The summed E-state index contributed by atoms with van der Waals surface area (Å²) in [5.41, 5.74) is -3.93. The van der Waals surface area contributed by atoms with Crippen molar-refractivity contribution in [2.24, 2.45) is 0 Å². The molecule has 1 aromatic carbocycles. The molecular formula is C13H12BrF3O3. The molecule has 0 bridgehead atoms. The molecule has 1 aliphatic rings. The standard InChI is InChI=1S/C13H12BrF3O3/c1-20-10(18)11(8-4-2-3-5-9(8)14)6-12(19,7-11)13(15,16)17/h2-5,19H,6-7H2,1H3. The van der Waals surface area contributed by atoms with Gasteiger partial charge >= 0.3 is 12.1 Å². The van der Waals surface area contributed by atoms with Crippen LogP contribution in [0.1, 0.15) is 18.4 Å². The van der Waals surface area contributed by atoms with Crippen molar-refractivity contribution in [3.05, 3.63) is 34.3 Å². The fourth-order valence-corrected chi connectivity index (χ4v) is 3.30. The largest absolute Gasteiger partial charge is 0.468 e. The number of carbonyl (C=O) groups excluding carboxylic acids is 1. The first-order chi connectivity index (χ1) is 9.16. The van der Waals surface area contributed by atoms with Gasteiger partial charge in [0, 0.05) is 17.3 Å². The summed E-state index contributed by atoms with van der Waals surface area (Å²) in [7, 11) is 1.12. The molecule has 0 amide bonds. The zero-order chi connectivity index (χ0) is 15.2. The van der Waals surface area contributed by atoms with Gasteiger partial charge in [0.1, 0.15) is 5.41 Å². The lowest BCUT2D eigenvalue weighted by atomic mass is 9.55. The summed E-state index contributed by atoms with van der Waals surface area (Å²) in [5, 5.41) is 9.63. The average Bonchev–Trinajstić information content (AvgIpc) is 2.33. The highest BCUT2D eigenvalue weighted by molar-refractivity contribution is 9.10. The normalized spacial score (nSPS) is 29.7. The van der Waals surface area contributed by atoms with E-state index in [9.17, 15) is 23.1 Å². The number of benzene rings is 1. The summed E-state index contributed by atoms with van der Waals surface area (Å²) in [5.74, 6) is -0.779. The number of hydrogen-bond donors (Lipinski definition) is 1. The van der Waals surface area contributed by atoms with Gasteiger partial charge in [-0.1, -0.05) is 34.1 Å². The number of halogens is 4. The van der Waals surface area contributed by atoms with Gasteiger partial charge in [-0.05, 0) is 11.6 Å². The van der Waals surface area contributed by atoms with Gasteiger partial charge in [-0.2, -0.15) is 13.2 Å². The predicted octanol–water partition coefficient (Wildman–Crippen LogP) is 2.95. The number of rotatable bonds is 2. The van der Waals surface area contributed by atoms with Gasteiger partial charge in [-0.25, -0.2) is 0 Å². The van der Waals surface area contributed by atoms with Crippen molar-refractivity contribution in [2.75, 3.05) is 7.11 Å². The molecule has 3 nitrogen and oxygen atoms in total. The minimum Gasteiger partial charge on any atom is -0.468 e. The number of carbonyl (C=O) groups is 1. The van der Waals surface area contributed by atoms with E-state index in [4.69, 9.17) is 0 Å². The molecular weight excluding hydrogens is 341 g/mol. The number of hydrogen-bond acceptors (Lipinski definition) is 3. The maximum absolute atomic E-state index is 12.8. The monoisotopic (exact) mass is 352 g/mol. The van der Waals surface area contributed by atoms with Crippen LogP contribution in [0.25, 0.3) is 0 Å². The van der Waals surface area contributed by atoms with Crippen molar-refractivity contribution in [3.63, 3.8) is 0 Å². The van der Waals surface area contributed by atoms with E-state index in [2.05, 4.69) is 20.7 Å². The molecule has 0 aliphatic heterocycles. The van der Waals surface area contributed by atoms with E-state index in [0.29, 0.717) is 10.0 Å². The van der Waals surface area contributed by atoms with Gasteiger partial charge in [0.15, 0.2) is 5.60 Å². The van der Waals surface area contributed by atoms with Crippen molar-refractivity contribution >= 4 is 21.9 Å². The van der Waals surface area contributed by atoms with Gasteiger partial charge in [0.2, 0.25) is 0 Å². The molecule has 0 atom stereocenters. The fourth-order valence-electron chi connectivity index (χ4n) is 2.64. The maximum Gasteiger partial charge on any atom is 0.417 e. The Labute approximate surface area is 121 Å². The Balaban J connectivity index is 2.44. The van der Waals surface area contributed by atoms with Gasteiger partial charge in [0.25, 0.3) is 0 Å². The molecule has 1 fully saturated rings. The molecule has 0 unspecified atom stereocenters. The van der Waals surface area contributed by atoms with Crippen LogP contribution in [0.4, 0.5) is 13.2 Å². The fraction of sp³-hybridized carbons (Fsp3) is 0.462. The Kier molecular flexibility index (Phi) is 3.62. The number of esters is 1. The van der Waals surface area contributed by atoms with Gasteiger partial charge in [-0.3, -0.25) is 4.79 Å². The topological polar surface area (TPSA) is 46.5 Å². The minimum atomic E-state index is -4.77. The SMILES string of the molecule is COC(=O)C1(c2ccccc2Br)CC(O)(C(F)(F)F)C1. The molecule has 7 heteroatoms. The van der Waals surface area contributed by atoms with Crippen molar-refractivity contribution in [1.82, 2.24) is 0 Å². The second kappa shape index (κ2) is 4.73. The van der Waals surface area contributed by atoms with E-state index in [1.165, 1.54) is 0 Å². The van der Waals surface area contributed by atoms with Crippen molar-refractivity contribution < 1.29 is 27.8 Å². The Morgan fingerprint density at radius 3 is 2.35 bits per heavy atom. The molecule has 1 saturated carbocycles. The van der Waals surface area contributed by atoms with Crippen LogP contribution in [0, 0.1) is 0 Å². The van der Waals surface area contributed by atoms with Crippen molar-refractivity contribution in [2.45, 2.75) is 30.0 Å². The third kappa shape index (κ3) is 2.13. The Bertz CT molecular complexity index is 536. The van der Waals surface area contributed by atoms with Crippen LogP contribution in [0.15, 0.2) is 28.7 Å². The van der Waals surface area contributed by atoms with Crippen LogP contribution in [0.2, 0.25) is 0 Å². The molecule has 2 rings (SSSR count). The van der Waals surface area contributed by atoms with Crippen molar-refractivity contribution in [1.29, 1.82) is 0 Å². The van der Waals surface area contributed by atoms with E-state index in [1.807, 2.05) is 0 Å². The van der Waals surface area contributed by atoms with Gasteiger partial charge in [0.05, 0.1) is 7.11 Å². The molecule has 0 spiro atoms. The summed E-state index contributed by atoms with van der Waals surface area (Å²) in [6, 6.07) is 6.49. The molecule has 0 heterocycles. The lowest BCUT2D eigenvalue weighted by Gasteiger charge is -2.51. The van der Waals surface area contributed by atoms with E-state index >= 15 is 0 Å². The summed E-state index contributed by atoms with van der Waals surface area (Å²) >= 11 is 3.22. The zero-order valence-electron chi connectivity index (χ0n) is 10.5. The molecule has 0 radical (unpaired) electrons. The number of ether oxygens (including phenoxy) is 1. The third-order valence-electron chi connectivity index (χ3n) is 3.68. The first-order valence-corrected chi connectivity index (χ1v) is 6.58. The highest BCUT2D eigenvalue weighted by Crippen LogP contribution is 2.58. The number of alkyl halides is 3. The van der Waals surface area contributed by atoms with E-state index in [0.717, 1.165) is 7.11 Å². The molecule has 1 aromatic rings. The molecule has 110 valence electrons. The maximum atomic E-state index is 12.8. The minimum absolute atomic E-state index is 0.390. The first-order valence-electron chi connectivity index (χ1n) is 5.79. The smallest absolute Gasteiger partial charge is 0.417 e. The van der Waals surface area contributed by atoms with Crippen LogP contribution >= 0.6 is 15.9 Å². The molecule has 0 aromatic heterocycles. The van der Waals surface area contributed by atoms with E-state index in [1.54, 1.807) is 24.3 Å². The lowest BCUT2D eigenvalue weighted by Crippen LogP contribution is -2.65. The summed E-state index contributed by atoms with van der Waals surface area (Å²) in [6.45, 7) is 0. The molecule has 1 aliphatic carbocycles. The number of methoxy groups -OCH3 is 1. The van der Waals surface area contributed by atoms with E-state index in [-0.39, 0.29) is 0 Å². The molecule has 0 saturated heterocycles. The van der Waals surface area contributed by atoms with Gasteiger partial charge < -0.3 is 9.84 Å². The third-order valence-corrected chi connectivity index (χ3v) is 4.37. The second-order valence-corrected chi connectivity index (χ2v) is 5.79. The van der Waals surface area contributed by atoms with Gasteiger partial charge in [-0.15, -0.1) is 0 Å².